The summed E-state index contributed by atoms with van der Waals surface area (Å²) in [6.07, 6.45) is 8.65. The van der Waals surface area contributed by atoms with Crippen molar-refractivity contribution in [1.29, 1.82) is 0 Å². The molecule has 2 heterocycles. The summed E-state index contributed by atoms with van der Waals surface area (Å²) in [6, 6.07) is 0. The molecule has 1 atom stereocenters. The van der Waals surface area contributed by atoms with Gasteiger partial charge >= 0.3 is 0 Å². The quantitative estimate of drug-likeness (QED) is 0.808. The van der Waals surface area contributed by atoms with Crippen LogP contribution in [0.4, 0.5) is 11.5 Å². The Balaban J connectivity index is 1.87. The number of aromatic nitrogens is 2. The lowest BCUT2D eigenvalue weighted by Gasteiger charge is -2.21. The standard InChI is InChI=1S/C13H18N4O/c1-17-11(8-18)15-10-7-14-12(16-13(10)17)9-5-3-2-4-6-9/h7-9,11,15H,2-6H2,1H3. The van der Waals surface area contributed by atoms with Gasteiger partial charge in [0.15, 0.2) is 18.3 Å². The maximum absolute atomic E-state index is 10.9. The molecule has 1 unspecified atom stereocenters. The summed E-state index contributed by atoms with van der Waals surface area (Å²) in [5, 5.41) is 3.10. The van der Waals surface area contributed by atoms with Crippen LogP contribution >= 0.6 is 0 Å². The second kappa shape index (κ2) is 4.55. The average Bonchev–Trinajstić information content (AvgIpc) is 2.76. The molecule has 2 aliphatic rings. The molecule has 96 valence electrons. The van der Waals surface area contributed by atoms with Gasteiger partial charge in [0.05, 0.1) is 11.9 Å². The third kappa shape index (κ3) is 1.83. The number of rotatable bonds is 2. The Kier molecular flexibility index (Phi) is 2.89. The lowest BCUT2D eigenvalue weighted by Crippen LogP contribution is -2.33. The zero-order valence-corrected chi connectivity index (χ0v) is 10.6. The molecule has 1 aromatic rings. The molecule has 0 spiro atoms. The summed E-state index contributed by atoms with van der Waals surface area (Å²) in [7, 11) is 1.88. The van der Waals surface area contributed by atoms with Gasteiger partial charge in [-0.2, -0.15) is 0 Å². The van der Waals surface area contributed by atoms with Gasteiger partial charge in [0.2, 0.25) is 0 Å². The first-order valence-corrected chi connectivity index (χ1v) is 6.61. The molecule has 1 N–H and O–H groups in total. The van der Waals surface area contributed by atoms with Crippen LogP contribution in [0.2, 0.25) is 0 Å². The second-order valence-electron chi connectivity index (χ2n) is 5.14. The van der Waals surface area contributed by atoms with Crippen LogP contribution < -0.4 is 10.2 Å². The Morgan fingerprint density at radius 1 is 1.39 bits per heavy atom. The van der Waals surface area contributed by atoms with Gasteiger partial charge < -0.3 is 10.2 Å². The Labute approximate surface area is 107 Å². The minimum Gasteiger partial charge on any atom is -0.355 e. The van der Waals surface area contributed by atoms with Crippen LogP contribution in [0, 0.1) is 0 Å². The fourth-order valence-electron chi connectivity index (χ4n) is 2.83. The van der Waals surface area contributed by atoms with Crippen molar-refractivity contribution >= 4 is 17.8 Å². The molecule has 1 aliphatic carbocycles. The van der Waals surface area contributed by atoms with Crippen LogP contribution in [-0.2, 0) is 4.79 Å². The minimum atomic E-state index is -0.309. The number of hydrogen-bond donors (Lipinski definition) is 1. The van der Waals surface area contributed by atoms with E-state index in [-0.39, 0.29) is 6.17 Å². The summed E-state index contributed by atoms with van der Waals surface area (Å²) in [5.74, 6) is 2.28. The molecule has 1 fully saturated rings. The first-order chi connectivity index (χ1) is 8.79. The maximum atomic E-state index is 10.9. The number of carbonyl (C=O) groups excluding carboxylic acids is 1. The van der Waals surface area contributed by atoms with E-state index >= 15 is 0 Å². The van der Waals surface area contributed by atoms with Crippen molar-refractivity contribution in [3.05, 3.63) is 12.0 Å². The van der Waals surface area contributed by atoms with Gasteiger partial charge in [0, 0.05) is 13.0 Å². The van der Waals surface area contributed by atoms with Crippen LogP contribution in [0.15, 0.2) is 6.20 Å². The van der Waals surface area contributed by atoms with Crippen LogP contribution in [0.3, 0.4) is 0 Å². The SMILES string of the molecule is CN1c2nc(C3CCCCC3)ncc2NC1C=O. The lowest BCUT2D eigenvalue weighted by atomic mass is 9.89. The monoisotopic (exact) mass is 246 g/mol. The molecule has 0 bridgehead atoms. The van der Waals surface area contributed by atoms with E-state index in [1.807, 2.05) is 18.1 Å². The van der Waals surface area contributed by atoms with Crippen LogP contribution in [-0.4, -0.2) is 29.5 Å². The number of likely N-dealkylation sites (N-methyl/N-ethyl adjacent to an activating group) is 1. The van der Waals surface area contributed by atoms with Crippen molar-refractivity contribution < 1.29 is 4.79 Å². The van der Waals surface area contributed by atoms with E-state index in [0.717, 1.165) is 23.6 Å². The van der Waals surface area contributed by atoms with Gasteiger partial charge in [0.25, 0.3) is 0 Å². The third-order valence-electron chi connectivity index (χ3n) is 3.94. The smallest absolute Gasteiger partial charge is 0.162 e. The predicted octanol–water partition coefficient (Wildman–Crippen LogP) is 1.91. The molecular weight excluding hydrogens is 228 g/mol. The Morgan fingerprint density at radius 2 is 2.17 bits per heavy atom. The van der Waals surface area contributed by atoms with E-state index in [9.17, 15) is 4.79 Å². The number of nitrogens with zero attached hydrogens (tertiary/aromatic N) is 3. The van der Waals surface area contributed by atoms with Crippen LogP contribution in [0.5, 0.6) is 0 Å². The highest BCUT2D eigenvalue weighted by Gasteiger charge is 2.28. The first kappa shape index (κ1) is 11.4. The molecule has 1 aromatic heterocycles. The van der Waals surface area contributed by atoms with Gasteiger partial charge in [-0.25, -0.2) is 9.97 Å². The molecule has 5 heteroatoms. The van der Waals surface area contributed by atoms with Crippen LogP contribution in [0.25, 0.3) is 0 Å². The average molecular weight is 246 g/mol. The zero-order valence-electron chi connectivity index (χ0n) is 10.6. The largest absolute Gasteiger partial charge is 0.355 e. The van der Waals surface area contributed by atoms with Gasteiger partial charge in [-0.05, 0) is 12.8 Å². The Hall–Kier alpha value is -1.65. The molecule has 0 amide bonds. The molecule has 3 rings (SSSR count). The van der Waals surface area contributed by atoms with Crippen molar-refractivity contribution in [2.75, 3.05) is 17.3 Å². The van der Waals surface area contributed by atoms with E-state index in [1.165, 1.54) is 32.1 Å². The molecule has 5 nitrogen and oxygen atoms in total. The maximum Gasteiger partial charge on any atom is 0.162 e. The van der Waals surface area contributed by atoms with E-state index in [2.05, 4.69) is 15.3 Å². The van der Waals surface area contributed by atoms with Crippen molar-refractivity contribution in [1.82, 2.24) is 9.97 Å². The fourth-order valence-corrected chi connectivity index (χ4v) is 2.83. The summed E-state index contributed by atoms with van der Waals surface area (Å²) in [4.78, 5) is 21.9. The van der Waals surface area contributed by atoms with Gasteiger partial charge in [-0.3, -0.25) is 4.79 Å². The molecule has 1 aliphatic heterocycles. The third-order valence-corrected chi connectivity index (χ3v) is 3.94. The number of fused-ring (bicyclic) bond motifs is 1. The van der Waals surface area contributed by atoms with Crippen molar-refractivity contribution in [3.63, 3.8) is 0 Å². The molecule has 18 heavy (non-hydrogen) atoms. The fraction of sp³-hybridized carbons (Fsp3) is 0.615. The van der Waals surface area contributed by atoms with Crippen molar-refractivity contribution in [2.45, 2.75) is 44.2 Å². The molecule has 0 radical (unpaired) electrons. The second-order valence-corrected chi connectivity index (χ2v) is 5.14. The van der Waals surface area contributed by atoms with Crippen molar-refractivity contribution in [2.24, 2.45) is 0 Å². The van der Waals surface area contributed by atoms with E-state index < -0.39 is 0 Å². The number of nitrogens with one attached hydrogen (secondary N) is 1. The first-order valence-electron chi connectivity index (χ1n) is 6.61. The minimum absolute atomic E-state index is 0.309. The van der Waals surface area contributed by atoms with E-state index in [4.69, 9.17) is 0 Å². The zero-order chi connectivity index (χ0) is 12.5. The molecule has 1 saturated carbocycles. The number of anilines is 2. The number of aldehydes is 1. The normalized spacial score (nSPS) is 23.6. The highest BCUT2D eigenvalue weighted by atomic mass is 16.1. The van der Waals surface area contributed by atoms with E-state index in [1.54, 1.807) is 0 Å². The van der Waals surface area contributed by atoms with Gasteiger partial charge in [-0.15, -0.1) is 0 Å². The summed E-state index contributed by atoms with van der Waals surface area (Å²) < 4.78 is 0. The van der Waals surface area contributed by atoms with Gasteiger partial charge in [0.1, 0.15) is 5.82 Å². The highest BCUT2D eigenvalue weighted by Crippen LogP contribution is 2.35. The molecule has 0 aromatic carbocycles. The Morgan fingerprint density at radius 3 is 2.89 bits per heavy atom. The summed E-state index contributed by atoms with van der Waals surface area (Å²) in [5.41, 5.74) is 0.856. The predicted molar refractivity (Wildman–Crippen MR) is 69.7 cm³/mol. The summed E-state index contributed by atoms with van der Waals surface area (Å²) >= 11 is 0. The number of carbonyl (C=O) groups is 1. The van der Waals surface area contributed by atoms with E-state index in [0.29, 0.717) is 5.92 Å². The van der Waals surface area contributed by atoms with Crippen LogP contribution in [0.1, 0.15) is 43.8 Å². The summed E-state index contributed by atoms with van der Waals surface area (Å²) in [6.45, 7) is 0. The lowest BCUT2D eigenvalue weighted by molar-refractivity contribution is -0.108. The molecule has 0 saturated heterocycles. The molecular formula is C13H18N4O. The number of hydrogen-bond acceptors (Lipinski definition) is 5. The Bertz CT molecular complexity index is 456. The topological polar surface area (TPSA) is 58.1 Å². The van der Waals surface area contributed by atoms with Crippen molar-refractivity contribution in [3.8, 4) is 0 Å². The highest BCUT2D eigenvalue weighted by molar-refractivity contribution is 5.81. The van der Waals surface area contributed by atoms with Gasteiger partial charge in [-0.1, -0.05) is 19.3 Å².